The predicted molar refractivity (Wildman–Crippen MR) is 73.1 cm³/mol. The van der Waals surface area contributed by atoms with E-state index in [0.717, 1.165) is 23.8 Å². The van der Waals surface area contributed by atoms with Crippen LogP contribution in [0.25, 0.3) is 0 Å². The number of aromatic nitrogens is 4. The largest absolute Gasteiger partial charge is 0.389 e. The van der Waals surface area contributed by atoms with E-state index in [0.29, 0.717) is 11.5 Å². The Kier molecular flexibility index (Phi) is 3.83. The first-order chi connectivity index (χ1) is 8.70. The number of pyridine rings is 1. The van der Waals surface area contributed by atoms with Gasteiger partial charge in [0.15, 0.2) is 5.82 Å². The highest BCUT2D eigenvalue weighted by Crippen LogP contribution is 2.06. The van der Waals surface area contributed by atoms with Crippen molar-refractivity contribution in [2.75, 3.05) is 5.32 Å². The molecule has 6 nitrogen and oxygen atoms in total. The Labute approximate surface area is 110 Å². The van der Waals surface area contributed by atoms with Gasteiger partial charge in [-0.3, -0.25) is 0 Å². The van der Waals surface area contributed by atoms with Crippen LogP contribution in [0.3, 0.4) is 0 Å². The Bertz CT molecular complexity index is 533. The van der Waals surface area contributed by atoms with Crippen molar-refractivity contribution in [3.05, 3.63) is 36.0 Å². The minimum atomic E-state index is 0.347. The molecule has 0 aliphatic carbocycles. The third-order valence-electron chi connectivity index (χ3n) is 2.51. The summed E-state index contributed by atoms with van der Waals surface area (Å²) in [5.41, 5.74) is 6.26. The zero-order chi connectivity index (χ0) is 13.0. The predicted octanol–water partition coefficient (Wildman–Crippen LogP) is 0.939. The molecule has 0 fully saturated rings. The van der Waals surface area contributed by atoms with Crippen molar-refractivity contribution in [3.63, 3.8) is 0 Å². The normalized spacial score (nSPS) is 10.3. The van der Waals surface area contributed by atoms with E-state index in [9.17, 15) is 0 Å². The van der Waals surface area contributed by atoms with Crippen LogP contribution in [-0.4, -0.2) is 24.7 Å². The van der Waals surface area contributed by atoms with Crippen LogP contribution >= 0.6 is 12.2 Å². The fraction of sp³-hybridized carbons (Fsp3) is 0.273. The maximum Gasteiger partial charge on any atom is 0.152 e. The lowest BCUT2D eigenvalue weighted by Gasteiger charge is -2.06. The van der Waals surface area contributed by atoms with Crippen molar-refractivity contribution in [1.82, 2.24) is 19.7 Å². The van der Waals surface area contributed by atoms with E-state index >= 15 is 0 Å². The summed E-state index contributed by atoms with van der Waals surface area (Å²) in [6.07, 6.45) is 3.36. The number of anilines is 1. The average molecular weight is 262 g/mol. The third-order valence-corrected chi connectivity index (χ3v) is 2.75. The van der Waals surface area contributed by atoms with Crippen molar-refractivity contribution < 1.29 is 0 Å². The van der Waals surface area contributed by atoms with Gasteiger partial charge in [-0.1, -0.05) is 12.2 Å². The molecule has 0 saturated heterocycles. The van der Waals surface area contributed by atoms with Gasteiger partial charge in [0.2, 0.25) is 0 Å². The Morgan fingerprint density at radius 2 is 2.33 bits per heavy atom. The number of rotatable bonds is 5. The van der Waals surface area contributed by atoms with E-state index in [1.165, 1.54) is 0 Å². The molecule has 2 aromatic rings. The van der Waals surface area contributed by atoms with E-state index < -0.39 is 0 Å². The van der Waals surface area contributed by atoms with Gasteiger partial charge in [-0.25, -0.2) is 4.98 Å². The second kappa shape index (κ2) is 5.54. The van der Waals surface area contributed by atoms with Gasteiger partial charge in [0, 0.05) is 18.3 Å². The van der Waals surface area contributed by atoms with Crippen LogP contribution in [0.1, 0.15) is 18.3 Å². The van der Waals surface area contributed by atoms with Gasteiger partial charge in [0.05, 0.1) is 6.54 Å². The summed E-state index contributed by atoms with van der Waals surface area (Å²) in [4.78, 5) is 4.57. The first kappa shape index (κ1) is 12.4. The Balaban J connectivity index is 2.00. The number of nitrogens with one attached hydrogen (secondary N) is 1. The standard InChI is InChI=1S/C11H14N6S/c1-2-17-7-15-16-10(17)6-14-9-4-3-8(5-13-9)11(12)18/h3-5,7H,2,6H2,1H3,(H2,12,18)(H,13,14). The maximum absolute atomic E-state index is 5.50. The Morgan fingerprint density at radius 1 is 1.50 bits per heavy atom. The van der Waals surface area contributed by atoms with Gasteiger partial charge in [0.1, 0.15) is 17.1 Å². The topological polar surface area (TPSA) is 81.7 Å². The summed E-state index contributed by atoms with van der Waals surface area (Å²) in [6, 6.07) is 3.67. The monoisotopic (exact) mass is 262 g/mol. The van der Waals surface area contributed by atoms with Crippen LogP contribution in [0.5, 0.6) is 0 Å². The molecule has 0 unspecified atom stereocenters. The minimum Gasteiger partial charge on any atom is -0.389 e. The first-order valence-corrected chi connectivity index (χ1v) is 5.98. The smallest absolute Gasteiger partial charge is 0.152 e. The summed E-state index contributed by atoms with van der Waals surface area (Å²) in [6.45, 7) is 3.47. The molecule has 94 valence electrons. The van der Waals surface area contributed by atoms with Crippen LogP contribution in [0.4, 0.5) is 5.82 Å². The zero-order valence-electron chi connectivity index (χ0n) is 10.00. The van der Waals surface area contributed by atoms with Gasteiger partial charge in [0.25, 0.3) is 0 Å². The molecule has 18 heavy (non-hydrogen) atoms. The number of hydrogen-bond donors (Lipinski definition) is 2. The van der Waals surface area contributed by atoms with Gasteiger partial charge < -0.3 is 15.6 Å². The highest BCUT2D eigenvalue weighted by molar-refractivity contribution is 7.80. The summed E-state index contributed by atoms with van der Waals surface area (Å²) >= 11 is 4.86. The molecule has 2 rings (SSSR count). The molecule has 0 spiro atoms. The SMILES string of the molecule is CCn1cnnc1CNc1ccc(C(N)=S)cn1. The van der Waals surface area contributed by atoms with E-state index in [1.54, 1.807) is 12.5 Å². The summed E-state index contributed by atoms with van der Waals surface area (Å²) in [5.74, 6) is 1.62. The molecular formula is C11H14N6S. The molecule has 0 atom stereocenters. The first-order valence-electron chi connectivity index (χ1n) is 5.57. The second-order valence-electron chi connectivity index (χ2n) is 3.68. The Morgan fingerprint density at radius 3 is 2.94 bits per heavy atom. The molecular weight excluding hydrogens is 248 g/mol. The van der Waals surface area contributed by atoms with Crippen molar-refractivity contribution in [3.8, 4) is 0 Å². The van der Waals surface area contributed by atoms with E-state index in [2.05, 4.69) is 20.5 Å². The summed E-state index contributed by atoms with van der Waals surface area (Å²) in [7, 11) is 0. The number of nitrogens with zero attached hydrogens (tertiary/aromatic N) is 4. The van der Waals surface area contributed by atoms with Crippen molar-refractivity contribution in [1.29, 1.82) is 0 Å². The highest BCUT2D eigenvalue weighted by Gasteiger charge is 2.03. The third kappa shape index (κ3) is 2.80. The molecule has 0 aliphatic rings. The number of hydrogen-bond acceptors (Lipinski definition) is 5. The number of aryl methyl sites for hydroxylation is 1. The molecule has 0 radical (unpaired) electrons. The van der Waals surface area contributed by atoms with Crippen LogP contribution in [0.2, 0.25) is 0 Å². The molecule has 0 aliphatic heterocycles. The zero-order valence-corrected chi connectivity index (χ0v) is 10.8. The summed E-state index contributed by atoms with van der Waals surface area (Å²) in [5, 5.41) is 11.1. The molecule has 3 N–H and O–H groups in total. The van der Waals surface area contributed by atoms with Crippen LogP contribution in [-0.2, 0) is 13.1 Å². The van der Waals surface area contributed by atoms with Crippen LogP contribution in [0, 0.1) is 0 Å². The van der Waals surface area contributed by atoms with E-state index in [4.69, 9.17) is 18.0 Å². The van der Waals surface area contributed by atoms with Crippen LogP contribution < -0.4 is 11.1 Å². The van der Waals surface area contributed by atoms with Gasteiger partial charge in [-0.15, -0.1) is 10.2 Å². The number of nitrogens with two attached hydrogens (primary N) is 1. The van der Waals surface area contributed by atoms with E-state index in [1.807, 2.05) is 23.6 Å². The van der Waals surface area contributed by atoms with Crippen molar-refractivity contribution >= 4 is 23.0 Å². The van der Waals surface area contributed by atoms with Crippen LogP contribution in [0.15, 0.2) is 24.7 Å². The fourth-order valence-corrected chi connectivity index (χ4v) is 1.61. The molecule has 0 amide bonds. The average Bonchev–Trinajstić information content (AvgIpc) is 2.84. The lowest BCUT2D eigenvalue weighted by atomic mass is 10.3. The summed E-state index contributed by atoms with van der Waals surface area (Å²) < 4.78 is 1.97. The lowest BCUT2D eigenvalue weighted by Crippen LogP contribution is -2.11. The lowest BCUT2D eigenvalue weighted by molar-refractivity contribution is 0.707. The Hall–Kier alpha value is -2.02. The van der Waals surface area contributed by atoms with Gasteiger partial charge >= 0.3 is 0 Å². The molecule has 0 aromatic carbocycles. The molecule has 2 aromatic heterocycles. The molecule has 0 bridgehead atoms. The van der Waals surface area contributed by atoms with E-state index in [-0.39, 0.29) is 0 Å². The van der Waals surface area contributed by atoms with Crippen molar-refractivity contribution in [2.24, 2.45) is 5.73 Å². The van der Waals surface area contributed by atoms with Gasteiger partial charge in [-0.2, -0.15) is 0 Å². The molecule has 7 heteroatoms. The van der Waals surface area contributed by atoms with Gasteiger partial charge in [-0.05, 0) is 19.1 Å². The fourth-order valence-electron chi connectivity index (χ4n) is 1.49. The molecule has 2 heterocycles. The maximum atomic E-state index is 5.50. The quantitative estimate of drug-likeness (QED) is 0.780. The number of thiocarbonyl (C=S) groups is 1. The van der Waals surface area contributed by atoms with Crippen molar-refractivity contribution in [2.45, 2.75) is 20.0 Å². The second-order valence-corrected chi connectivity index (χ2v) is 4.12. The molecule has 0 saturated carbocycles. The highest BCUT2D eigenvalue weighted by atomic mass is 32.1. The minimum absolute atomic E-state index is 0.347.